The van der Waals surface area contributed by atoms with Gasteiger partial charge in [0.25, 0.3) is 0 Å². The molecular formula is C8H10N4. The molecule has 62 valence electrons. The van der Waals surface area contributed by atoms with Crippen molar-refractivity contribution in [3.8, 4) is 0 Å². The molecule has 2 aromatic rings. The Kier molecular flexibility index (Phi) is 1.30. The molecule has 4 heteroatoms. The monoisotopic (exact) mass is 162 g/mol. The van der Waals surface area contributed by atoms with E-state index < -0.39 is 0 Å². The number of nitrogens with zero attached hydrogens (tertiary/aromatic N) is 3. The number of anilines is 1. The maximum Gasteiger partial charge on any atom is 0.136 e. The van der Waals surface area contributed by atoms with Gasteiger partial charge in [-0.2, -0.15) is 0 Å². The summed E-state index contributed by atoms with van der Waals surface area (Å²) in [6.45, 7) is 1.96. The van der Waals surface area contributed by atoms with E-state index in [0.717, 1.165) is 22.3 Å². The van der Waals surface area contributed by atoms with Crippen LogP contribution in [0.4, 0.5) is 5.69 Å². The van der Waals surface area contributed by atoms with Crippen LogP contribution < -0.4 is 5.73 Å². The molecule has 2 N–H and O–H groups in total. The number of rotatable bonds is 0. The predicted octanol–water partition coefficient (Wildman–Crippen LogP) is 0.859. The average Bonchev–Trinajstić information content (AvgIpc) is 2.41. The summed E-state index contributed by atoms with van der Waals surface area (Å²) in [5.41, 5.74) is 9.34. The smallest absolute Gasteiger partial charge is 0.136 e. The van der Waals surface area contributed by atoms with Gasteiger partial charge < -0.3 is 5.73 Å². The minimum atomic E-state index is 0.723. The van der Waals surface area contributed by atoms with Crippen LogP contribution in [0.2, 0.25) is 0 Å². The third kappa shape index (κ3) is 0.777. The van der Waals surface area contributed by atoms with Crippen LogP contribution in [0.1, 0.15) is 5.56 Å². The fourth-order valence-corrected chi connectivity index (χ4v) is 1.22. The zero-order valence-corrected chi connectivity index (χ0v) is 7.07. The van der Waals surface area contributed by atoms with E-state index in [1.807, 2.05) is 26.1 Å². The number of benzene rings is 1. The first-order valence-corrected chi connectivity index (χ1v) is 3.74. The standard InChI is InChI=1S/C8H10N4/c1-5-3-4-6-8(7(5)9)10-11-12(6)2/h3-4H,9H2,1-2H3. The van der Waals surface area contributed by atoms with Gasteiger partial charge in [-0.3, -0.25) is 0 Å². The Hall–Kier alpha value is -1.58. The first-order chi connectivity index (χ1) is 5.70. The number of hydrogen-bond donors (Lipinski definition) is 1. The third-order valence-electron chi connectivity index (χ3n) is 2.04. The summed E-state index contributed by atoms with van der Waals surface area (Å²) in [6.07, 6.45) is 0. The molecule has 1 aromatic carbocycles. The van der Waals surface area contributed by atoms with E-state index in [-0.39, 0.29) is 0 Å². The largest absolute Gasteiger partial charge is 0.397 e. The number of aromatic nitrogens is 3. The van der Waals surface area contributed by atoms with Crippen molar-refractivity contribution in [2.75, 3.05) is 5.73 Å². The fourth-order valence-electron chi connectivity index (χ4n) is 1.22. The van der Waals surface area contributed by atoms with E-state index >= 15 is 0 Å². The number of hydrogen-bond acceptors (Lipinski definition) is 3. The second kappa shape index (κ2) is 2.20. The van der Waals surface area contributed by atoms with Crippen LogP contribution in [0.3, 0.4) is 0 Å². The van der Waals surface area contributed by atoms with Gasteiger partial charge in [0.15, 0.2) is 0 Å². The van der Waals surface area contributed by atoms with E-state index in [1.165, 1.54) is 0 Å². The molecule has 12 heavy (non-hydrogen) atoms. The molecule has 0 atom stereocenters. The Morgan fingerprint density at radius 2 is 2.17 bits per heavy atom. The normalized spacial score (nSPS) is 10.8. The SMILES string of the molecule is Cc1ccc2c(nnn2C)c1N. The molecule has 0 amide bonds. The second-order valence-electron chi connectivity index (χ2n) is 2.88. The lowest BCUT2D eigenvalue weighted by molar-refractivity contribution is 0.736. The molecule has 0 aliphatic heterocycles. The Labute approximate surface area is 70.0 Å². The quantitative estimate of drug-likeness (QED) is 0.584. The summed E-state index contributed by atoms with van der Waals surface area (Å²) in [4.78, 5) is 0. The van der Waals surface area contributed by atoms with Gasteiger partial charge in [-0.05, 0) is 18.6 Å². The van der Waals surface area contributed by atoms with E-state index in [9.17, 15) is 0 Å². The van der Waals surface area contributed by atoms with E-state index in [4.69, 9.17) is 5.73 Å². The Bertz CT molecular complexity index is 430. The summed E-state index contributed by atoms with van der Waals surface area (Å²) >= 11 is 0. The van der Waals surface area contributed by atoms with Crippen molar-refractivity contribution >= 4 is 16.7 Å². The summed E-state index contributed by atoms with van der Waals surface area (Å²) < 4.78 is 1.71. The molecule has 0 bridgehead atoms. The minimum Gasteiger partial charge on any atom is -0.397 e. The summed E-state index contributed by atoms with van der Waals surface area (Å²) in [7, 11) is 1.85. The van der Waals surface area contributed by atoms with Crippen LogP contribution in [0, 0.1) is 6.92 Å². The number of nitrogens with two attached hydrogens (primary N) is 1. The topological polar surface area (TPSA) is 56.7 Å². The fraction of sp³-hybridized carbons (Fsp3) is 0.250. The van der Waals surface area contributed by atoms with Crippen molar-refractivity contribution in [2.45, 2.75) is 6.92 Å². The van der Waals surface area contributed by atoms with Crippen LogP contribution in [0.5, 0.6) is 0 Å². The van der Waals surface area contributed by atoms with Crippen molar-refractivity contribution in [1.29, 1.82) is 0 Å². The average molecular weight is 162 g/mol. The van der Waals surface area contributed by atoms with Gasteiger partial charge in [-0.1, -0.05) is 11.3 Å². The minimum absolute atomic E-state index is 0.723. The van der Waals surface area contributed by atoms with Gasteiger partial charge in [0.2, 0.25) is 0 Å². The molecule has 4 nitrogen and oxygen atoms in total. The van der Waals surface area contributed by atoms with Gasteiger partial charge in [0, 0.05) is 7.05 Å². The lowest BCUT2D eigenvalue weighted by Gasteiger charge is -1.98. The van der Waals surface area contributed by atoms with Crippen molar-refractivity contribution in [2.24, 2.45) is 7.05 Å². The molecule has 0 spiro atoms. The number of aryl methyl sites for hydroxylation is 2. The van der Waals surface area contributed by atoms with Crippen LogP contribution in [-0.4, -0.2) is 15.0 Å². The second-order valence-corrected chi connectivity index (χ2v) is 2.88. The van der Waals surface area contributed by atoms with Gasteiger partial charge >= 0.3 is 0 Å². The molecule has 2 rings (SSSR count). The molecule has 1 heterocycles. The molecular weight excluding hydrogens is 152 g/mol. The molecule has 0 saturated heterocycles. The van der Waals surface area contributed by atoms with Crippen molar-refractivity contribution in [3.05, 3.63) is 17.7 Å². The van der Waals surface area contributed by atoms with Crippen LogP contribution >= 0.6 is 0 Å². The molecule has 0 unspecified atom stereocenters. The van der Waals surface area contributed by atoms with Crippen LogP contribution in [0.25, 0.3) is 11.0 Å². The van der Waals surface area contributed by atoms with Crippen LogP contribution in [-0.2, 0) is 7.05 Å². The Morgan fingerprint density at radius 1 is 1.42 bits per heavy atom. The molecule has 0 fully saturated rings. The number of nitrogen functional groups attached to an aromatic ring is 1. The predicted molar refractivity (Wildman–Crippen MR) is 47.7 cm³/mol. The highest BCUT2D eigenvalue weighted by Crippen LogP contribution is 2.20. The molecule has 0 radical (unpaired) electrons. The van der Waals surface area contributed by atoms with E-state index in [0.29, 0.717) is 0 Å². The van der Waals surface area contributed by atoms with E-state index in [2.05, 4.69) is 10.3 Å². The first-order valence-electron chi connectivity index (χ1n) is 3.74. The maximum absolute atomic E-state index is 5.82. The summed E-state index contributed by atoms with van der Waals surface area (Å²) in [5, 5.41) is 7.85. The van der Waals surface area contributed by atoms with Gasteiger partial charge in [0.1, 0.15) is 5.52 Å². The lowest BCUT2D eigenvalue weighted by Crippen LogP contribution is -1.92. The highest BCUT2D eigenvalue weighted by atomic mass is 15.4. The van der Waals surface area contributed by atoms with Crippen molar-refractivity contribution < 1.29 is 0 Å². The Morgan fingerprint density at radius 3 is 2.92 bits per heavy atom. The molecule has 0 saturated carbocycles. The van der Waals surface area contributed by atoms with Gasteiger partial charge in [0.05, 0.1) is 11.2 Å². The van der Waals surface area contributed by atoms with Crippen molar-refractivity contribution in [3.63, 3.8) is 0 Å². The Balaban J connectivity index is 2.93. The zero-order valence-electron chi connectivity index (χ0n) is 7.07. The zero-order chi connectivity index (χ0) is 8.72. The van der Waals surface area contributed by atoms with Crippen LogP contribution in [0.15, 0.2) is 12.1 Å². The third-order valence-corrected chi connectivity index (χ3v) is 2.04. The summed E-state index contributed by atoms with van der Waals surface area (Å²) in [6, 6.07) is 3.95. The van der Waals surface area contributed by atoms with Gasteiger partial charge in [-0.15, -0.1) is 5.10 Å². The molecule has 0 aliphatic rings. The molecule has 1 aromatic heterocycles. The number of fused-ring (bicyclic) bond motifs is 1. The summed E-state index contributed by atoms with van der Waals surface area (Å²) in [5.74, 6) is 0. The molecule has 0 aliphatic carbocycles. The lowest BCUT2D eigenvalue weighted by atomic mass is 10.2. The maximum atomic E-state index is 5.82. The highest BCUT2D eigenvalue weighted by Gasteiger charge is 2.05. The van der Waals surface area contributed by atoms with E-state index in [1.54, 1.807) is 4.68 Å². The van der Waals surface area contributed by atoms with Crippen molar-refractivity contribution in [1.82, 2.24) is 15.0 Å². The first kappa shape index (κ1) is 7.09. The van der Waals surface area contributed by atoms with Gasteiger partial charge in [-0.25, -0.2) is 4.68 Å². The highest BCUT2D eigenvalue weighted by molar-refractivity contribution is 5.88.